The molecule has 1 heterocycles. The van der Waals surface area contributed by atoms with Crippen molar-refractivity contribution in [3.63, 3.8) is 0 Å². The lowest BCUT2D eigenvalue weighted by atomic mass is 10.1. The van der Waals surface area contributed by atoms with E-state index in [4.69, 9.17) is 0 Å². The molecule has 0 aliphatic heterocycles. The van der Waals surface area contributed by atoms with Gasteiger partial charge in [-0.25, -0.2) is 4.98 Å². The molecule has 19 heavy (non-hydrogen) atoms. The number of rotatable bonds is 5. The zero-order valence-corrected chi connectivity index (χ0v) is 14.2. The predicted molar refractivity (Wildman–Crippen MR) is 85.2 cm³/mol. The summed E-state index contributed by atoms with van der Waals surface area (Å²) in [6, 6.07) is 6.31. The van der Waals surface area contributed by atoms with E-state index in [9.17, 15) is 0 Å². The van der Waals surface area contributed by atoms with Gasteiger partial charge in [-0.1, -0.05) is 38.8 Å². The van der Waals surface area contributed by atoms with Crippen LogP contribution in [0.25, 0.3) is 0 Å². The van der Waals surface area contributed by atoms with Gasteiger partial charge in [0, 0.05) is 28.4 Å². The zero-order valence-electron chi connectivity index (χ0n) is 11.0. The van der Waals surface area contributed by atoms with Gasteiger partial charge >= 0.3 is 0 Å². The Labute approximate surface area is 130 Å². The fourth-order valence-electron chi connectivity index (χ4n) is 2.02. The first-order valence-corrected chi connectivity index (χ1v) is 7.87. The predicted octanol–water partition coefficient (Wildman–Crippen LogP) is 4.03. The number of imidazole rings is 1. The van der Waals surface area contributed by atoms with Gasteiger partial charge in [-0.15, -0.1) is 0 Å². The number of aromatic nitrogens is 2. The molecule has 0 aliphatic rings. The molecule has 2 rings (SSSR count). The lowest BCUT2D eigenvalue weighted by molar-refractivity contribution is 0.554. The van der Waals surface area contributed by atoms with Gasteiger partial charge in [0.2, 0.25) is 0 Å². The Morgan fingerprint density at radius 1 is 1.37 bits per heavy atom. The quantitative estimate of drug-likeness (QED) is 0.840. The second kappa shape index (κ2) is 6.68. The molecule has 0 radical (unpaired) electrons. The highest BCUT2D eigenvalue weighted by Crippen LogP contribution is 2.30. The van der Waals surface area contributed by atoms with Crippen molar-refractivity contribution in [3.8, 4) is 0 Å². The fourth-order valence-corrected chi connectivity index (χ4v) is 2.87. The average Bonchev–Trinajstić information content (AvgIpc) is 2.80. The van der Waals surface area contributed by atoms with E-state index in [-0.39, 0.29) is 6.04 Å². The minimum absolute atomic E-state index is 0.0897. The van der Waals surface area contributed by atoms with Crippen LogP contribution in [0.15, 0.2) is 39.5 Å². The summed E-state index contributed by atoms with van der Waals surface area (Å²) in [5.74, 6) is 1.02. The molecular weight excluding hydrogens is 370 g/mol. The molecule has 102 valence electrons. The first-order chi connectivity index (χ1) is 9.13. The molecule has 2 aromatic rings. The van der Waals surface area contributed by atoms with Gasteiger partial charge in [0.25, 0.3) is 0 Å². The molecule has 1 aromatic heterocycles. The summed E-state index contributed by atoms with van der Waals surface area (Å²) in [5, 5.41) is 3.56. The molecule has 0 fully saturated rings. The van der Waals surface area contributed by atoms with Crippen LogP contribution in [0.1, 0.15) is 30.8 Å². The molecule has 1 atom stereocenters. The summed E-state index contributed by atoms with van der Waals surface area (Å²) in [6.45, 7) is 3.12. The van der Waals surface area contributed by atoms with Gasteiger partial charge in [0.05, 0.1) is 6.04 Å². The van der Waals surface area contributed by atoms with Gasteiger partial charge in [0.1, 0.15) is 5.82 Å². The van der Waals surface area contributed by atoms with E-state index in [2.05, 4.69) is 65.8 Å². The number of hydrogen-bond donors (Lipinski definition) is 1. The molecule has 0 amide bonds. The van der Waals surface area contributed by atoms with E-state index >= 15 is 0 Å². The third-order valence-electron chi connectivity index (χ3n) is 2.98. The highest BCUT2D eigenvalue weighted by molar-refractivity contribution is 9.11. The van der Waals surface area contributed by atoms with Crippen molar-refractivity contribution in [1.82, 2.24) is 14.9 Å². The Morgan fingerprint density at radius 3 is 2.79 bits per heavy atom. The largest absolute Gasteiger partial charge is 0.336 e. The highest BCUT2D eigenvalue weighted by Gasteiger charge is 2.20. The normalized spacial score (nSPS) is 12.6. The Hall–Kier alpha value is -0.650. The van der Waals surface area contributed by atoms with Crippen molar-refractivity contribution in [1.29, 1.82) is 0 Å². The smallest absolute Gasteiger partial charge is 0.130 e. The van der Waals surface area contributed by atoms with Crippen LogP contribution in [0.3, 0.4) is 0 Å². The molecule has 0 bridgehead atoms. The number of halogens is 2. The van der Waals surface area contributed by atoms with Gasteiger partial charge in [-0.2, -0.15) is 0 Å². The SMILES string of the molecule is CCCNC(c1cc(Br)ccc1Br)c1nccn1C. The molecule has 1 unspecified atom stereocenters. The zero-order chi connectivity index (χ0) is 13.8. The number of benzene rings is 1. The van der Waals surface area contributed by atoms with Crippen LogP contribution < -0.4 is 5.32 Å². The highest BCUT2D eigenvalue weighted by atomic mass is 79.9. The number of hydrogen-bond acceptors (Lipinski definition) is 2. The van der Waals surface area contributed by atoms with E-state index in [0.29, 0.717) is 0 Å². The lowest BCUT2D eigenvalue weighted by Crippen LogP contribution is -2.26. The Kier molecular flexibility index (Phi) is 5.19. The Bertz CT molecular complexity index is 551. The molecule has 0 saturated heterocycles. The topological polar surface area (TPSA) is 29.9 Å². The maximum atomic E-state index is 4.48. The summed E-state index contributed by atoms with van der Waals surface area (Å²) in [5.41, 5.74) is 1.19. The van der Waals surface area contributed by atoms with Crippen molar-refractivity contribution in [2.24, 2.45) is 7.05 Å². The van der Waals surface area contributed by atoms with E-state index in [0.717, 1.165) is 27.7 Å². The van der Waals surface area contributed by atoms with Gasteiger partial charge < -0.3 is 9.88 Å². The van der Waals surface area contributed by atoms with Crippen molar-refractivity contribution < 1.29 is 0 Å². The van der Waals surface area contributed by atoms with E-state index < -0.39 is 0 Å². The van der Waals surface area contributed by atoms with E-state index in [1.165, 1.54) is 5.56 Å². The molecule has 1 N–H and O–H groups in total. The van der Waals surface area contributed by atoms with Gasteiger partial charge in [0.15, 0.2) is 0 Å². The minimum atomic E-state index is 0.0897. The summed E-state index contributed by atoms with van der Waals surface area (Å²) in [6.07, 6.45) is 4.90. The molecule has 0 saturated carbocycles. The molecule has 3 nitrogen and oxygen atoms in total. The monoisotopic (exact) mass is 385 g/mol. The first-order valence-electron chi connectivity index (χ1n) is 6.29. The Balaban J connectivity index is 2.42. The van der Waals surface area contributed by atoms with E-state index in [1.807, 2.05) is 25.5 Å². The van der Waals surface area contributed by atoms with E-state index in [1.54, 1.807) is 0 Å². The number of nitrogens with one attached hydrogen (secondary N) is 1. The van der Waals surface area contributed by atoms with Crippen LogP contribution in [-0.2, 0) is 7.05 Å². The third-order valence-corrected chi connectivity index (χ3v) is 4.20. The van der Waals surface area contributed by atoms with Crippen molar-refractivity contribution in [2.45, 2.75) is 19.4 Å². The minimum Gasteiger partial charge on any atom is -0.336 e. The van der Waals surface area contributed by atoms with Crippen LogP contribution in [0, 0.1) is 0 Å². The Morgan fingerprint density at radius 2 is 2.16 bits per heavy atom. The standard InChI is InChI=1S/C14H17Br2N3/c1-3-6-17-13(14-18-7-8-19(14)2)11-9-10(15)4-5-12(11)16/h4-5,7-9,13,17H,3,6H2,1-2H3. The average molecular weight is 387 g/mol. The van der Waals surface area contributed by atoms with Crippen LogP contribution in [0.4, 0.5) is 0 Å². The van der Waals surface area contributed by atoms with Crippen LogP contribution in [0.2, 0.25) is 0 Å². The molecule has 0 aliphatic carbocycles. The second-order valence-corrected chi connectivity index (χ2v) is 6.22. The summed E-state index contributed by atoms with van der Waals surface area (Å²) < 4.78 is 4.22. The van der Waals surface area contributed by atoms with Crippen molar-refractivity contribution >= 4 is 31.9 Å². The second-order valence-electron chi connectivity index (χ2n) is 4.45. The molecule has 1 aromatic carbocycles. The summed E-state index contributed by atoms with van der Waals surface area (Å²) in [4.78, 5) is 4.48. The maximum Gasteiger partial charge on any atom is 0.130 e. The first kappa shape index (κ1) is 14.8. The molecule has 5 heteroatoms. The van der Waals surface area contributed by atoms with Crippen molar-refractivity contribution in [2.75, 3.05) is 6.54 Å². The van der Waals surface area contributed by atoms with Gasteiger partial charge in [-0.05, 0) is 36.7 Å². The molecular formula is C14H17Br2N3. The van der Waals surface area contributed by atoms with Crippen LogP contribution in [0.5, 0.6) is 0 Å². The van der Waals surface area contributed by atoms with Crippen molar-refractivity contribution in [3.05, 3.63) is 50.9 Å². The summed E-state index contributed by atoms with van der Waals surface area (Å²) >= 11 is 7.17. The molecule has 0 spiro atoms. The maximum absolute atomic E-state index is 4.48. The van der Waals surface area contributed by atoms with Gasteiger partial charge in [-0.3, -0.25) is 0 Å². The lowest BCUT2D eigenvalue weighted by Gasteiger charge is -2.20. The number of nitrogens with zero attached hydrogens (tertiary/aromatic N) is 2. The third kappa shape index (κ3) is 3.46. The number of aryl methyl sites for hydroxylation is 1. The van der Waals surface area contributed by atoms with Crippen LogP contribution in [-0.4, -0.2) is 16.1 Å². The summed E-state index contributed by atoms with van der Waals surface area (Å²) in [7, 11) is 2.02. The fraction of sp³-hybridized carbons (Fsp3) is 0.357. The van der Waals surface area contributed by atoms with Crippen LogP contribution >= 0.6 is 31.9 Å².